The van der Waals surface area contributed by atoms with Gasteiger partial charge in [-0.2, -0.15) is 0 Å². The van der Waals surface area contributed by atoms with E-state index in [9.17, 15) is 4.79 Å². The summed E-state index contributed by atoms with van der Waals surface area (Å²) < 4.78 is 0.838. The fraction of sp³-hybridized carbons (Fsp3) is 0.750. The van der Waals surface area contributed by atoms with Crippen molar-refractivity contribution in [2.75, 3.05) is 0 Å². The van der Waals surface area contributed by atoms with Crippen molar-refractivity contribution < 1.29 is 4.79 Å². The quantitative estimate of drug-likeness (QED) is 0.767. The Kier molecular flexibility index (Phi) is 3.00. The third-order valence-corrected chi connectivity index (χ3v) is 8.15. The lowest BCUT2D eigenvalue weighted by Gasteiger charge is -2.65. The van der Waals surface area contributed by atoms with Crippen molar-refractivity contribution in [1.82, 2.24) is 5.32 Å². The summed E-state index contributed by atoms with van der Waals surface area (Å²) in [6, 6.07) is 0. The van der Waals surface area contributed by atoms with Gasteiger partial charge in [-0.05, 0) is 55.3 Å². The Hall–Kier alpha value is -0.260. The minimum absolute atomic E-state index is 0.0380. The average molecular weight is 340 g/mol. The molecule has 0 aromatic carbocycles. The SMILES string of the molecule is CC12CC3CC(C)(C1)CC(NC(=O)c1csc(=S)s1)(C3)C2. The highest BCUT2D eigenvalue weighted by atomic mass is 32.2. The van der Waals surface area contributed by atoms with Gasteiger partial charge in [0.2, 0.25) is 0 Å². The van der Waals surface area contributed by atoms with Gasteiger partial charge in [0.05, 0.1) is 0 Å². The summed E-state index contributed by atoms with van der Waals surface area (Å²) in [4.78, 5) is 13.4. The Morgan fingerprint density at radius 1 is 1.24 bits per heavy atom. The number of rotatable bonds is 2. The van der Waals surface area contributed by atoms with Crippen molar-refractivity contribution in [1.29, 1.82) is 0 Å². The Morgan fingerprint density at radius 2 is 1.90 bits per heavy atom. The van der Waals surface area contributed by atoms with Crippen molar-refractivity contribution >= 4 is 40.8 Å². The van der Waals surface area contributed by atoms with Crippen molar-refractivity contribution in [3.63, 3.8) is 0 Å². The van der Waals surface area contributed by atoms with Crippen LogP contribution in [0.1, 0.15) is 62.0 Å². The number of carbonyl (C=O) groups is 1. The third kappa shape index (κ3) is 2.41. The van der Waals surface area contributed by atoms with Crippen LogP contribution >= 0.6 is 34.9 Å². The van der Waals surface area contributed by atoms with Crippen LogP contribution in [0.2, 0.25) is 0 Å². The second kappa shape index (κ2) is 4.39. The number of nitrogens with one attached hydrogen (secondary N) is 1. The molecule has 2 atom stereocenters. The van der Waals surface area contributed by atoms with Gasteiger partial charge in [-0.25, -0.2) is 0 Å². The lowest BCUT2D eigenvalue weighted by Crippen LogP contribution is -2.65. The Bertz CT molecular complexity index is 642. The third-order valence-electron chi connectivity index (χ3n) is 5.68. The Morgan fingerprint density at radius 3 is 2.43 bits per heavy atom. The van der Waals surface area contributed by atoms with Gasteiger partial charge in [0.1, 0.15) is 8.01 Å². The minimum Gasteiger partial charge on any atom is -0.346 e. The molecular formula is C16H21NOS3. The molecule has 21 heavy (non-hydrogen) atoms. The molecule has 2 nitrogen and oxygen atoms in total. The molecule has 4 saturated carbocycles. The molecule has 5 heteroatoms. The summed E-state index contributed by atoms with van der Waals surface area (Å²) in [5.41, 5.74) is 0.904. The summed E-state index contributed by atoms with van der Waals surface area (Å²) in [6.45, 7) is 4.87. The van der Waals surface area contributed by atoms with Gasteiger partial charge < -0.3 is 5.32 Å². The largest absolute Gasteiger partial charge is 0.346 e. The molecule has 4 fully saturated rings. The predicted molar refractivity (Wildman–Crippen MR) is 90.6 cm³/mol. The summed E-state index contributed by atoms with van der Waals surface area (Å²) >= 11 is 8.10. The maximum atomic E-state index is 12.6. The molecular weight excluding hydrogens is 318 g/mol. The van der Waals surface area contributed by atoms with E-state index < -0.39 is 0 Å². The molecule has 4 bridgehead atoms. The van der Waals surface area contributed by atoms with Gasteiger partial charge >= 0.3 is 0 Å². The van der Waals surface area contributed by atoms with E-state index in [1.54, 1.807) is 0 Å². The molecule has 5 rings (SSSR count). The van der Waals surface area contributed by atoms with Crippen LogP contribution in [0, 0.1) is 19.9 Å². The number of hydrogen-bond donors (Lipinski definition) is 1. The van der Waals surface area contributed by atoms with Gasteiger partial charge in [0, 0.05) is 10.9 Å². The van der Waals surface area contributed by atoms with Crippen LogP contribution in [-0.2, 0) is 0 Å². The molecule has 2 unspecified atom stereocenters. The number of hydrogen-bond acceptors (Lipinski definition) is 4. The second-order valence-electron chi connectivity index (χ2n) is 8.32. The first kappa shape index (κ1) is 14.3. The normalized spacial score (nSPS) is 44.0. The Balaban J connectivity index is 1.62. The summed E-state index contributed by atoms with van der Waals surface area (Å²) in [7, 11) is 0. The van der Waals surface area contributed by atoms with E-state index in [0.29, 0.717) is 10.8 Å². The van der Waals surface area contributed by atoms with Gasteiger partial charge in [0.25, 0.3) is 5.91 Å². The van der Waals surface area contributed by atoms with Crippen LogP contribution in [0.3, 0.4) is 0 Å². The molecule has 1 N–H and O–H groups in total. The molecule has 0 saturated heterocycles. The Labute approximate surface area is 139 Å². The minimum atomic E-state index is 0.0380. The van der Waals surface area contributed by atoms with Crippen LogP contribution in [-0.4, -0.2) is 11.4 Å². The van der Waals surface area contributed by atoms with Gasteiger partial charge in [-0.1, -0.05) is 26.1 Å². The molecule has 1 aromatic heterocycles. The predicted octanol–water partition coefficient (Wildman–Crippen LogP) is 5.02. The van der Waals surface area contributed by atoms with Crippen LogP contribution < -0.4 is 5.32 Å². The van der Waals surface area contributed by atoms with Crippen LogP contribution in [0.5, 0.6) is 0 Å². The lowest BCUT2D eigenvalue weighted by atomic mass is 9.43. The maximum absolute atomic E-state index is 12.6. The van der Waals surface area contributed by atoms with Crippen molar-refractivity contribution in [3.05, 3.63) is 13.4 Å². The topological polar surface area (TPSA) is 29.1 Å². The monoisotopic (exact) mass is 339 g/mol. The van der Waals surface area contributed by atoms with E-state index in [2.05, 4.69) is 19.2 Å². The zero-order valence-corrected chi connectivity index (χ0v) is 15.0. The van der Waals surface area contributed by atoms with E-state index in [1.165, 1.54) is 48.4 Å². The highest BCUT2D eigenvalue weighted by Gasteiger charge is 2.60. The van der Waals surface area contributed by atoms with Crippen molar-refractivity contribution in [2.24, 2.45) is 16.7 Å². The first-order valence-corrected chi connectivity index (χ1v) is 9.81. The summed E-state index contributed by atoms with van der Waals surface area (Å²) in [5.74, 6) is 0.902. The molecule has 4 aliphatic carbocycles. The van der Waals surface area contributed by atoms with Gasteiger partial charge in [-0.3, -0.25) is 4.79 Å². The van der Waals surface area contributed by atoms with Crippen LogP contribution in [0.4, 0.5) is 0 Å². The summed E-state index contributed by atoms with van der Waals surface area (Å²) in [5, 5.41) is 5.35. The molecule has 1 amide bonds. The molecule has 0 spiro atoms. The highest BCUT2D eigenvalue weighted by Crippen LogP contribution is 2.66. The fourth-order valence-electron chi connectivity index (χ4n) is 6.23. The molecule has 1 heterocycles. The van der Waals surface area contributed by atoms with Crippen molar-refractivity contribution in [3.8, 4) is 0 Å². The van der Waals surface area contributed by atoms with E-state index >= 15 is 0 Å². The molecule has 1 aromatic rings. The van der Waals surface area contributed by atoms with Gasteiger partial charge in [0.15, 0.2) is 0 Å². The van der Waals surface area contributed by atoms with E-state index in [0.717, 1.165) is 26.8 Å². The number of amides is 1. The van der Waals surface area contributed by atoms with E-state index in [-0.39, 0.29) is 11.4 Å². The maximum Gasteiger partial charge on any atom is 0.262 e. The zero-order chi connectivity index (χ0) is 14.9. The first-order chi connectivity index (χ1) is 9.79. The second-order valence-corrected chi connectivity index (χ2v) is 11.4. The smallest absolute Gasteiger partial charge is 0.262 e. The number of carbonyl (C=O) groups excluding carboxylic acids is 1. The molecule has 0 aliphatic heterocycles. The van der Waals surface area contributed by atoms with E-state index in [1.807, 2.05) is 5.38 Å². The van der Waals surface area contributed by atoms with Crippen LogP contribution in [0.25, 0.3) is 0 Å². The molecule has 0 radical (unpaired) electrons. The fourth-order valence-corrected chi connectivity index (χ4v) is 8.22. The van der Waals surface area contributed by atoms with E-state index in [4.69, 9.17) is 12.2 Å². The van der Waals surface area contributed by atoms with Crippen LogP contribution in [0.15, 0.2) is 5.38 Å². The standard InChI is InChI=1S/C16H21NOS3/c1-14-3-10-4-15(2,7-14)9-16(5-10,8-14)17-12(18)11-6-20-13(19)21-11/h6,10H,3-5,7-9H2,1-2H3,(H,17,18). The summed E-state index contributed by atoms with van der Waals surface area (Å²) in [6.07, 6.45) is 7.56. The highest BCUT2D eigenvalue weighted by molar-refractivity contribution is 7.76. The lowest BCUT2D eigenvalue weighted by molar-refractivity contribution is -0.114. The van der Waals surface area contributed by atoms with Gasteiger partial charge in [-0.15, -0.1) is 22.7 Å². The van der Waals surface area contributed by atoms with Crippen molar-refractivity contribution in [2.45, 2.75) is 57.9 Å². The molecule has 114 valence electrons. The first-order valence-electron chi connectivity index (χ1n) is 7.70. The zero-order valence-electron chi connectivity index (χ0n) is 12.5. The average Bonchev–Trinajstić information content (AvgIpc) is 2.70. The molecule has 4 aliphatic rings.